The molecule has 1 aromatic carbocycles. The van der Waals surface area contributed by atoms with Gasteiger partial charge in [-0.3, -0.25) is 0 Å². The Morgan fingerprint density at radius 2 is 2.19 bits per heavy atom. The van der Waals surface area contributed by atoms with Crippen LogP contribution in [-0.2, 0) is 4.74 Å². The van der Waals surface area contributed by atoms with Gasteiger partial charge in [0.2, 0.25) is 0 Å². The second-order valence-corrected chi connectivity index (χ2v) is 3.81. The highest BCUT2D eigenvalue weighted by molar-refractivity contribution is 6.30. The monoisotopic (exact) mass is 247 g/mol. The second kappa shape index (κ2) is 6.81. The summed E-state index contributed by atoms with van der Waals surface area (Å²) in [5.74, 6) is -0.410. The summed E-state index contributed by atoms with van der Waals surface area (Å²) in [7, 11) is 0. The third-order valence-corrected chi connectivity index (χ3v) is 2.31. The normalized spacial score (nSPS) is 12.8. The summed E-state index contributed by atoms with van der Waals surface area (Å²) in [6, 6.07) is 4.20. The SMILES string of the molecule is NCC(OCCCO)c1cc(F)cc(Cl)c1. The summed E-state index contributed by atoms with van der Waals surface area (Å²) in [6.45, 7) is 0.679. The van der Waals surface area contributed by atoms with E-state index in [1.165, 1.54) is 12.1 Å². The molecule has 0 heterocycles. The zero-order valence-corrected chi connectivity index (χ0v) is 9.58. The van der Waals surface area contributed by atoms with Gasteiger partial charge in [-0.05, 0) is 30.2 Å². The molecule has 0 spiro atoms. The molecule has 0 radical (unpaired) electrons. The summed E-state index contributed by atoms with van der Waals surface area (Å²) < 4.78 is 18.5. The molecule has 1 aromatic rings. The highest BCUT2D eigenvalue weighted by atomic mass is 35.5. The van der Waals surface area contributed by atoms with Crippen LogP contribution in [0.25, 0.3) is 0 Å². The maximum Gasteiger partial charge on any atom is 0.125 e. The van der Waals surface area contributed by atoms with Crippen molar-refractivity contribution in [2.45, 2.75) is 12.5 Å². The van der Waals surface area contributed by atoms with Crippen LogP contribution in [0.4, 0.5) is 4.39 Å². The van der Waals surface area contributed by atoms with Crippen molar-refractivity contribution in [3.63, 3.8) is 0 Å². The van der Waals surface area contributed by atoms with Gasteiger partial charge >= 0.3 is 0 Å². The van der Waals surface area contributed by atoms with Gasteiger partial charge in [-0.15, -0.1) is 0 Å². The first-order chi connectivity index (χ1) is 7.67. The molecular weight excluding hydrogens is 233 g/mol. The average molecular weight is 248 g/mol. The molecule has 1 atom stereocenters. The van der Waals surface area contributed by atoms with Crippen LogP contribution in [0.1, 0.15) is 18.1 Å². The third-order valence-electron chi connectivity index (χ3n) is 2.09. The number of benzene rings is 1. The lowest BCUT2D eigenvalue weighted by atomic mass is 10.1. The minimum absolute atomic E-state index is 0.0567. The van der Waals surface area contributed by atoms with Crippen LogP contribution in [0, 0.1) is 5.82 Å². The Kier molecular flexibility index (Phi) is 5.69. The van der Waals surface area contributed by atoms with Gasteiger partial charge in [0.1, 0.15) is 5.82 Å². The molecule has 16 heavy (non-hydrogen) atoms. The minimum Gasteiger partial charge on any atom is -0.396 e. The van der Waals surface area contributed by atoms with Gasteiger partial charge < -0.3 is 15.6 Å². The Morgan fingerprint density at radius 1 is 1.44 bits per heavy atom. The van der Waals surface area contributed by atoms with E-state index in [1.54, 1.807) is 6.07 Å². The van der Waals surface area contributed by atoms with Gasteiger partial charge in [-0.1, -0.05) is 11.6 Å². The Balaban J connectivity index is 2.70. The molecule has 0 aliphatic heterocycles. The molecule has 0 amide bonds. The van der Waals surface area contributed by atoms with Gasteiger partial charge in [0.25, 0.3) is 0 Å². The number of rotatable bonds is 6. The predicted octanol–water partition coefficient (Wildman–Crippen LogP) is 1.88. The lowest BCUT2D eigenvalue weighted by Crippen LogP contribution is -2.17. The van der Waals surface area contributed by atoms with Gasteiger partial charge in [-0.25, -0.2) is 4.39 Å². The molecule has 3 N–H and O–H groups in total. The lowest BCUT2D eigenvalue weighted by molar-refractivity contribution is 0.0487. The predicted molar refractivity (Wildman–Crippen MR) is 60.9 cm³/mol. The van der Waals surface area contributed by atoms with Gasteiger partial charge in [0.05, 0.1) is 6.10 Å². The third kappa shape index (κ3) is 4.06. The lowest BCUT2D eigenvalue weighted by Gasteiger charge is -2.16. The van der Waals surface area contributed by atoms with Gasteiger partial charge in [0.15, 0.2) is 0 Å². The highest BCUT2D eigenvalue weighted by Crippen LogP contribution is 2.22. The van der Waals surface area contributed by atoms with Crippen molar-refractivity contribution >= 4 is 11.6 Å². The first-order valence-corrected chi connectivity index (χ1v) is 5.43. The van der Waals surface area contributed by atoms with Crippen LogP contribution in [0.3, 0.4) is 0 Å². The molecule has 90 valence electrons. The minimum atomic E-state index is -0.410. The van der Waals surface area contributed by atoms with Crippen molar-refractivity contribution in [1.82, 2.24) is 0 Å². The molecule has 0 aromatic heterocycles. The Hall–Kier alpha value is -0.680. The average Bonchev–Trinajstić information content (AvgIpc) is 2.23. The summed E-state index contributed by atoms with van der Waals surface area (Å²) in [5.41, 5.74) is 6.15. The molecule has 5 heteroatoms. The largest absolute Gasteiger partial charge is 0.396 e. The van der Waals surface area contributed by atoms with E-state index < -0.39 is 5.82 Å². The van der Waals surface area contributed by atoms with E-state index in [4.69, 9.17) is 27.2 Å². The summed E-state index contributed by atoms with van der Waals surface area (Å²) >= 11 is 5.74. The fraction of sp³-hybridized carbons (Fsp3) is 0.455. The Bertz CT molecular complexity index is 316. The summed E-state index contributed by atoms with van der Waals surface area (Å²) in [5, 5.41) is 8.94. The molecule has 0 saturated heterocycles. The van der Waals surface area contributed by atoms with E-state index in [1.807, 2.05) is 0 Å². The second-order valence-electron chi connectivity index (χ2n) is 3.38. The zero-order chi connectivity index (χ0) is 12.0. The number of aliphatic hydroxyl groups is 1. The van der Waals surface area contributed by atoms with Crippen molar-refractivity contribution in [2.75, 3.05) is 19.8 Å². The van der Waals surface area contributed by atoms with Crippen LogP contribution in [0.5, 0.6) is 0 Å². The van der Waals surface area contributed by atoms with Crippen molar-refractivity contribution in [3.05, 3.63) is 34.6 Å². The maximum atomic E-state index is 13.1. The van der Waals surface area contributed by atoms with Crippen molar-refractivity contribution in [2.24, 2.45) is 5.73 Å². The summed E-state index contributed by atoms with van der Waals surface area (Å²) in [6.07, 6.45) is 0.138. The maximum absolute atomic E-state index is 13.1. The highest BCUT2D eigenvalue weighted by Gasteiger charge is 2.11. The van der Waals surface area contributed by atoms with E-state index in [-0.39, 0.29) is 19.3 Å². The van der Waals surface area contributed by atoms with E-state index in [9.17, 15) is 4.39 Å². The molecule has 1 rings (SSSR count). The molecule has 0 aliphatic rings. The van der Waals surface area contributed by atoms with Crippen molar-refractivity contribution in [3.8, 4) is 0 Å². The number of nitrogens with two attached hydrogens (primary N) is 1. The van der Waals surface area contributed by atoms with Crippen molar-refractivity contribution in [1.29, 1.82) is 0 Å². The van der Waals surface area contributed by atoms with E-state index in [2.05, 4.69) is 0 Å². The number of aliphatic hydroxyl groups excluding tert-OH is 1. The van der Waals surface area contributed by atoms with Crippen LogP contribution >= 0.6 is 11.6 Å². The molecule has 0 fully saturated rings. The molecule has 0 saturated carbocycles. The standard InChI is InChI=1S/C11H15ClFNO2/c12-9-4-8(5-10(13)6-9)11(7-14)16-3-1-2-15/h4-6,11,15H,1-3,7,14H2. The zero-order valence-electron chi connectivity index (χ0n) is 8.83. The topological polar surface area (TPSA) is 55.5 Å². The van der Waals surface area contributed by atoms with E-state index in [0.29, 0.717) is 23.6 Å². The molecular formula is C11H15ClFNO2. The number of hydrogen-bond acceptors (Lipinski definition) is 3. The van der Waals surface area contributed by atoms with Gasteiger partial charge in [-0.2, -0.15) is 0 Å². The smallest absolute Gasteiger partial charge is 0.125 e. The molecule has 0 aliphatic carbocycles. The van der Waals surface area contributed by atoms with Crippen LogP contribution in [0.15, 0.2) is 18.2 Å². The fourth-order valence-corrected chi connectivity index (χ4v) is 1.58. The molecule has 3 nitrogen and oxygen atoms in total. The quantitative estimate of drug-likeness (QED) is 0.755. The number of halogens is 2. The van der Waals surface area contributed by atoms with E-state index >= 15 is 0 Å². The molecule has 0 bridgehead atoms. The number of hydrogen-bond donors (Lipinski definition) is 2. The number of ether oxygens (including phenoxy) is 1. The summed E-state index contributed by atoms with van der Waals surface area (Å²) in [4.78, 5) is 0. The van der Waals surface area contributed by atoms with Gasteiger partial charge in [0, 0.05) is 24.8 Å². The fourth-order valence-electron chi connectivity index (χ4n) is 1.35. The van der Waals surface area contributed by atoms with Crippen LogP contribution < -0.4 is 5.73 Å². The van der Waals surface area contributed by atoms with Crippen LogP contribution in [-0.4, -0.2) is 24.9 Å². The Labute approximate surface area is 99.0 Å². The van der Waals surface area contributed by atoms with E-state index in [0.717, 1.165) is 0 Å². The van der Waals surface area contributed by atoms with Crippen molar-refractivity contribution < 1.29 is 14.2 Å². The van der Waals surface area contributed by atoms with Crippen LogP contribution in [0.2, 0.25) is 5.02 Å². The first kappa shape index (κ1) is 13.4. The first-order valence-electron chi connectivity index (χ1n) is 5.06. The molecule has 1 unspecified atom stereocenters. The Morgan fingerprint density at radius 3 is 2.75 bits per heavy atom.